The van der Waals surface area contributed by atoms with E-state index in [1.165, 1.54) is 11.8 Å². The highest BCUT2D eigenvalue weighted by Crippen LogP contribution is 2.24. The summed E-state index contributed by atoms with van der Waals surface area (Å²) in [7, 11) is 0. The van der Waals surface area contributed by atoms with Crippen LogP contribution in [0.1, 0.15) is 38.1 Å². The molecule has 0 aromatic heterocycles. The Labute approximate surface area is 169 Å². The van der Waals surface area contributed by atoms with E-state index in [9.17, 15) is 14.4 Å². The summed E-state index contributed by atoms with van der Waals surface area (Å²) in [5.74, 6) is -0.940. The lowest BCUT2D eigenvalue weighted by atomic mass is 10.1. The lowest BCUT2D eigenvalue weighted by molar-refractivity contribution is -0.145. The van der Waals surface area contributed by atoms with Gasteiger partial charge in [0.1, 0.15) is 5.25 Å². The zero-order valence-corrected chi connectivity index (χ0v) is 17.3. The number of carbonyl (C=O) groups excluding carboxylic acids is 3. The molecule has 0 spiro atoms. The fourth-order valence-electron chi connectivity index (χ4n) is 2.31. The summed E-state index contributed by atoms with van der Waals surface area (Å²) in [5.41, 5.74) is 1.04. The molecule has 0 saturated heterocycles. The molecule has 0 saturated carbocycles. The van der Waals surface area contributed by atoms with Crippen LogP contribution >= 0.6 is 11.8 Å². The number of anilines is 1. The van der Waals surface area contributed by atoms with Gasteiger partial charge in [-0.1, -0.05) is 32.0 Å². The quantitative estimate of drug-likeness (QED) is 0.400. The first-order valence-corrected chi connectivity index (χ1v) is 10.0. The summed E-state index contributed by atoms with van der Waals surface area (Å²) in [5, 5.41) is 2.34. The van der Waals surface area contributed by atoms with Crippen LogP contribution in [0.5, 0.6) is 0 Å². The Balaban J connectivity index is 1.92. The van der Waals surface area contributed by atoms with Crippen molar-refractivity contribution < 1.29 is 19.1 Å². The predicted molar refractivity (Wildman–Crippen MR) is 112 cm³/mol. The van der Waals surface area contributed by atoms with E-state index in [0.29, 0.717) is 11.3 Å². The normalized spacial score (nSPS) is 12.9. The maximum Gasteiger partial charge on any atom is 0.319 e. The highest BCUT2D eigenvalue weighted by molar-refractivity contribution is 8.00. The first kappa shape index (κ1) is 21.7. The van der Waals surface area contributed by atoms with E-state index in [-0.39, 0.29) is 17.6 Å². The molecule has 2 aromatic carbocycles. The molecule has 0 aliphatic heterocycles. The third-order valence-corrected chi connectivity index (χ3v) is 5.10. The first-order chi connectivity index (χ1) is 13.3. The molecule has 0 fully saturated rings. The van der Waals surface area contributed by atoms with Gasteiger partial charge in [0.05, 0.1) is 0 Å². The van der Waals surface area contributed by atoms with Crippen molar-refractivity contribution in [3.8, 4) is 0 Å². The van der Waals surface area contributed by atoms with Gasteiger partial charge in [-0.3, -0.25) is 14.4 Å². The molecule has 5 nitrogen and oxygen atoms in total. The van der Waals surface area contributed by atoms with Crippen LogP contribution in [0.2, 0.25) is 0 Å². The molecule has 2 rings (SSSR count). The standard InChI is InChI=1S/C22H25NO4S/c1-14(2)21(25)23-18-12-10-17(11-13-18)20(24)15(3)27-22(26)16(4)28-19-8-6-5-7-9-19/h5-16H,1-4H3,(H,23,25)/t15-,16+/m0/s1. The van der Waals surface area contributed by atoms with Crippen LogP contribution in [0.3, 0.4) is 0 Å². The maximum absolute atomic E-state index is 12.5. The summed E-state index contributed by atoms with van der Waals surface area (Å²) in [6, 6.07) is 16.1. The van der Waals surface area contributed by atoms with Gasteiger partial charge in [-0.25, -0.2) is 0 Å². The van der Waals surface area contributed by atoms with E-state index in [1.807, 2.05) is 30.3 Å². The second-order valence-electron chi connectivity index (χ2n) is 6.74. The van der Waals surface area contributed by atoms with Gasteiger partial charge in [0, 0.05) is 22.1 Å². The largest absolute Gasteiger partial charge is 0.453 e. The van der Waals surface area contributed by atoms with Crippen LogP contribution in [0.4, 0.5) is 5.69 Å². The molecular formula is C22H25NO4S. The predicted octanol–water partition coefficient (Wildman–Crippen LogP) is 4.58. The average molecular weight is 400 g/mol. The van der Waals surface area contributed by atoms with Gasteiger partial charge < -0.3 is 10.1 Å². The number of Topliss-reactive ketones (excluding diaryl/α,β-unsaturated/α-hetero) is 1. The monoisotopic (exact) mass is 399 g/mol. The lowest BCUT2D eigenvalue weighted by Gasteiger charge is -2.16. The van der Waals surface area contributed by atoms with Gasteiger partial charge in [-0.05, 0) is 50.2 Å². The van der Waals surface area contributed by atoms with Gasteiger partial charge in [0.15, 0.2) is 6.10 Å². The van der Waals surface area contributed by atoms with Gasteiger partial charge in [-0.2, -0.15) is 0 Å². The van der Waals surface area contributed by atoms with Gasteiger partial charge >= 0.3 is 5.97 Å². The number of rotatable bonds is 8. The molecule has 2 atom stereocenters. The fourth-order valence-corrected chi connectivity index (χ4v) is 3.19. The minimum atomic E-state index is -0.887. The first-order valence-electron chi connectivity index (χ1n) is 9.15. The smallest absolute Gasteiger partial charge is 0.319 e. The summed E-state index contributed by atoms with van der Waals surface area (Å²) < 4.78 is 5.35. The van der Waals surface area contributed by atoms with Crippen molar-refractivity contribution in [3.63, 3.8) is 0 Å². The van der Waals surface area contributed by atoms with E-state index in [1.54, 1.807) is 52.0 Å². The fraction of sp³-hybridized carbons (Fsp3) is 0.318. The number of ketones is 1. The van der Waals surface area contributed by atoms with Crippen molar-refractivity contribution >= 4 is 35.1 Å². The van der Waals surface area contributed by atoms with E-state index in [2.05, 4.69) is 5.32 Å². The molecule has 148 valence electrons. The number of thioether (sulfide) groups is 1. The second kappa shape index (κ2) is 10.1. The lowest BCUT2D eigenvalue weighted by Crippen LogP contribution is -2.28. The van der Waals surface area contributed by atoms with Crippen LogP contribution in [-0.2, 0) is 14.3 Å². The molecule has 0 aliphatic carbocycles. The molecule has 0 aliphatic rings. The topological polar surface area (TPSA) is 72.5 Å². The molecule has 6 heteroatoms. The average Bonchev–Trinajstić information content (AvgIpc) is 2.68. The number of nitrogens with one attached hydrogen (secondary N) is 1. The summed E-state index contributed by atoms with van der Waals surface area (Å²) >= 11 is 1.39. The van der Waals surface area contributed by atoms with Crippen LogP contribution < -0.4 is 5.32 Å². The van der Waals surface area contributed by atoms with Crippen LogP contribution in [0.25, 0.3) is 0 Å². The van der Waals surface area contributed by atoms with Crippen molar-refractivity contribution in [2.24, 2.45) is 5.92 Å². The molecular weight excluding hydrogens is 374 g/mol. The van der Waals surface area contributed by atoms with Crippen molar-refractivity contribution in [2.75, 3.05) is 5.32 Å². The van der Waals surface area contributed by atoms with Crippen molar-refractivity contribution in [1.82, 2.24) is 0 Å². The van der Waals surface area contributed by atoms with Crippen LogP contribution in [-0.4, -0.2) is 29.0 Å². The Morgan fingerprint density at radius 3 is 2.07 bits per heavy atom. The molecule has 0 bridgehead atoms. The Bertz CT molecular complexity index is 818. The third-order valence-electron chi connectivity index (χ3n) is 4.01. The van der Waals surface area contributed by atoms with Crippen LogP contribution in [0.15, 0.2) is 59.5 Å². The van der Waals surface area contributed by atoms with E-state index in [4.69, 9.17) is 4.74 Å². The van der Waals surface area contributed by atoms with E-state index in [0.717, 1.165) is 4.90 Å². The minimum Gasteiger partial charge on any atom is -0.453 e. The van der Waals surface area contributed by atoms with Crippen molar-refractivity contribution in [3.05, 3.63) is 60.2 Å². The summed E-state index contributed by atoms with van der Waals surface area (Å²) in [6.07, 6.45) is -0.887. The Hall–Kier alpha value is -2.60. The number of esters is 1. The van der Waals surface area contributed by atoms with E-state index < -0.39 is 17.3 Å². The number of benzene rings is 2. The summed E-state index contributed by atoms with van der Waals surface area (Å²) in [6.45, 7) is 6.93. The SMILES string of the molecule is CC(C)C(=O)Nc1ccc(C(=O)[C@H](C)OC(=O)[C@@H](C)Sc2ccccc2)cc1. The number of amides is 1. The zero-order valence-electron chi connectivity index (χ0n) is 16.5. The zero-order chi connectivity index (χ0) is 20.7. The Morgan fingerprint density at radius 1 is 0.893 bits per heavy atom. The number of carbonyl (C=O) groups is 3. The molecule has 0 heterocycles. The number of hydrogen-bond donors (Lipinski definition) is 1. The third kappa shape index (κ3) is 6.23. The highest BCUT2D eigenvalue weighted by atomic mass is 32.2. The number of ether oxygens (including phenoxy) is 1. The molecule has 2 aromatic rings. The Morgan fingerprint density at radius 2 is 1.50 bits per heavy atom. The van der Waals surface area contributed by atoms with Gasteiger partial charge in [0.2, 0.25) is 11.7 Å². The molecule has 28 heavy (non-hydrogen) atoms. The second-order valence-corrected chi connectivity index (χ2v) is 8.15. The number of hydrogen-bond acceptors (Lipinski definition) is 5. The van der Waals surface area contributed by atoms with Gasteiger partial charge in [-0.15, -0.1) is 11.8 Å². The Kier molecular flexibility index (Phi) is 7.81. The van der Waals surface area contributed by atoms with Crippen LogP contribution in [0, 0.1) is 5.92 Å². The van der Waals surface area contributed by atoms with Crippen molar-refractivity contribution in [1.29, 1.82) is 0 Å². The highest BCUT2D eigenvalue weighted by Gasteiger charge is 2.23. The minimum absolute atomic E-state index is 0.0914. The van der Waals surface area contributed by atoms with Crippen molar-refractivity contribution in [2.45, 2.75) is 43.9 Å². The molecule has 1 amide bonds. The van der Waals surface area contributed by atoms with Gasteiger partial charge in [0.25, 0.3) is 0 Å². The summed E-state index contributed by atoms with van der Waals surface area (Å²) in [4.78, 5) is 37.5. The molecule has 1 N–H and O–H groups in total. The van der Waals surface area contributed by atoms with E-state index >= 15 is 0 Å². The molecule has 0 unspecified atom stereocenters. The maximum atomic E-state index is 12.5. The molecule has 0 radical (unpaired) electrons.